The summed E-state index contributed by atoms with van der Waals surface area (Å²) in [6.07, 6.45) is 3.15. The number of piperazine rings is 1. The fourth-order valence-electron chi connectivity index (χ4n) is 6.31. The van der Waals surface area contributed by atoms with Gasteiger partial charge >= 0.3 is 5.69 Å². The molecule has 35 heavy (non-hydrogen) atoms. The lowest BCUT2D eigenvalue weighted by molar-refractivity contribution is -0.135. The molecule has 0 radical (unpaired) electrons. The Hall–Kier alpha value is -2.49. The Labute approximate surface area is 206 Å². The number of aromatic nitrogens is 2. The van der Waals surface area contributed by atoms with E-state index >= 15 is 0 Å². The third-order valence-electron chi connectivity index (χ3n) is 8.19. The minimum Gasteiger partial charge on any atom is -0.317 e. The van der Waals surface area contributed by atoms with Crippen LogP contribution in [-0.4, -0.2) is 75.6 Å². The summed E-state index contributed by atoms with van der Waals surface area (Å²) in [6.45, 7) is 11.1. The summed E-state index contributed by atoms with van der Waals surface area (Å²) in [5, 5.41) is 5.84. The highest BCUT2D eigenvalue weighted by molar-refractivity contribution is 6.00. The van der Waals surface area contributed by atoms with E-state index < -0.39 is 11.9 Å². The van der Waals surface area contributed by atoms with Gasteiger partial charge in [0.25, 0.3) is 0 Å². The standard InChI is InChI=1S/C26H38N6O3/c1-17-13-30(14-18(2)31(17)16-19-8-10-27-11-9-19)15-20-4-5-21-23(12-20)29(3)26(35)32(21)22-6-7-24(33)28-25(22)34/h4-5,12,17-19,22,27H,6-11,13-16H2,1-3H3,(H,28,33,34)/t17-,18-,22?/m0/s1. The number of carbonyl (C=O) groups is 2. The van der Waals surface area contributed by atoms with Crippen LogP contribution in [0.25, 0.3) is 11.0 Å². The molecule has 3 fully saturated rings. The number of nitrogens with zero attached hydrogens (tertiary/aromatic N) is 4. The first-order valence-electron chi connectivity index (χ1n) is 13.0. The monoisotopic (exact) mass is 482 g/mol. The number of imidazole rings is 1. The van der Waals surface area contributed by atoms with Crippen LogP contribution in [-0.2, 0) is 23.2 Å². The second kappa shape index (κ2) is 9.87. The first-order valence-corrected chi connectivity index (χ1v) is 13.0. The smallest absolute Gasteiger partial charge is 0.317 e. The van der Waals surface area contributed by atoms with Crippen molar-refractivity contribution in [2.75, 3.05) is 32.7 Å². The number of fused-ring (bicyclic) bond motifs is 1. The Kier molecular flexibility index (Phi) is 6.83. The zero-order chi connectivity index (χ0) is 24.7. The molecule has 2 N–H and O–H groups in total. The Bertz CT molecular complexity index is 1150. The minimum absolute atomic E-state index is 0.222. The van der Waals surface area contributed by atoms with Gasteiger partial charge in [0.05, 0.1) is 11.0 Å². The lowest BCUT2D eigenvalue weighted by Gasteiger charge is -2.46. The van der Waals surface area contributed by atoms with Gasteiger partial charge in [-0.2, -0.15) is 0 Å². The maximum Gasteiger partial charge on any atom is 0.329 e. The Morgan fingerprint density at radius 3 is 2.37 bits per heavy atom. The lowest BCUT2D eigenvalue weighted by atomic mass is 9.95. The Morgan fingerprint density at radius 1 is 0.971 bits per heavy atom. The Balaban J connectivity index is 1.30. The molecule has 3 aliphatic heterocycles. The molecule has 0 bridgehead atoms. The second-order valence-electron chi connectivity index (χ2n) is 10.8. The van der Waals surface area contributed by atoms with Gasteiger partial charge < -0.3 is 5.32 Å². The normalized spacial score (nSPS) is 27.5. The van der Waals surface area contributed by atoms with E-state index in [9.17, 15) is 14.4 Å². The first-order chi connectivity index (χ1) is 16.8. The van der Waals surface area contributed by atoms with E-state index in [1.807, 2.05) is 6.07 Å². The average molecular weight is 483 g/mol. The van der Waals surface area contributed by atoms with Crippen molar-refractivity contribution in [2.45, 2.75) is 64.2 Å². The van der Waals surface area contributed by atoms with Gasteiger partial charge in [-0.3, -0.25) is 33.8 Å². The number of rotatable bonds is 5. The van der Waals surface area contributed by atoms with Crippen molar-refractivity contribution in [3.63, 3.8) is 0 Å². The summed E-state index contributed by atoms with van der Waals surface area (Å²) in [6, 6.07) is 6.47. The Morgan fingerprint density at radius 2 is 1.69 bits per heavy atom. The summed E-state index contributed by atoms with van der Waals surface area (Å²) >= 11 is 0. The maximum atomic E-state index is 13.0. The van der Waals surface area contributed by atoms with E-state index in [4.69, 9.17) is 0 Å². The predicted octanol–water partition coefficient (Wildman–Crippen LogP) is 1.21. The van der Waals surface area contributed by atoms with E-state index in [1.54, 1.807) is 16.2 Å². The van der Waals surface area contributed by atoms with E-state index in [1.165, 1.54) is 24.9 Å². The van der Waals surface area contributed by atoms with E-state index in [0.29, 0.717) is 18.5 Å². The summed E-state index contributed by atoms with van der Waals surface area (Å²) < 4.78 is 3.16. The van der Waals surface area contributed by atoms with Crippen LogP contribution in [0.2, 0.25) is 0 Å². The number of aryl methyl sites for hydroxylation is 1. The molecule has 1 aromatic carbocycles. The number of hydrogen-bond acceptors (Lipinski definition) is 6. The molecule has 0 aliphatic carbocycles. The first kappa shape index (κ1) is 24.2. The van der Waals surface area contributed by atoms with Gasteiger partial charge in [0.2, 0.25) is 11.8 Å². The molecule has 3 saturated heterocycles. The van der Waals surface area contributed by atoms with Gasteiger partial charge in [-0.25, -0.2) is 4.79 Å². The fourth-order valence-corrected chi connectivity index (χ4v) is 6.31. The van der Waals surface area contributed by atoms with Crippen LogP contribution >= 0.6 is 0 Å². The topological polar surface area (TPSA) is 91.6 Å². The number of benzene rings is 1. The molecule has 2 amide bonds. The van der Waals surface area contributed by atoms with Crippen molar-refractivity contribution in [1.29, 1.82) is 0 Å². The van der Waals surface area contributed by atoms with Crippen molar-refractivity contribution in [2.24, 2.45) is 13.0 Å². The van der Waals surface area contributed by atoms with Crippen LogP contribution < -0.4 is 16.3 Å². The molecule has 4 heterocycles. The van der Waals surface area contributed by atoms with Gasteiger partial charge in [-0.15, -0.1) is 0 Å². The molecule has 3 aliphatic rings. The fraction of sp³-hybridized carbons (Fsp3) is 0.654. The van der Waals surface area contributed by atoms with Crippen LogP contribution in [0.1, 0.15) is 51.1 Å². The molecule has 190 valence electrons. The minimum atomic E-state index is -0.649. The highest BCUT2D eigenvalue weighted by Crippen LogP contribution is 2.26. The van der Waals surface area contributed by atoms with Gasteiger partial charge in [0.15, 0.2) is 0 Å². The lowest BCUT2D eigenvalue weighted by Crippen LogP contribution is -2.57. The van der Waals surface area contributed by atoms with Crippen LogP contribution in [0, 0.1) is 5.92 Å². The molecule has 1 unspecified atom stereocenters. The van der Waals surface area contributed by atoms with Gasteiger partial charge in [-0.1, -0.05) is 6.07 Å². The van der Waals surface area contributed by atoms with Crippen LogP contribution in [0.3, 0.4) is 0 Å². The third kappa shape index (κ3) is 4.81. The SMILES string of the molecule is C[C@H]1CN(Cc2ccc3c(c2)n(C)c(=O)n3C2CCC(=O)NC2=O)C[C@H](C)N1CC1CCNCC1. The molecule has 2 aromatic rings. The van der Waals surface area contributed by atoms with Gasteiger partial charge in [0.1, 0.15) is 6.04 Å². The van der Waals surface area contributed by atoms with Crippen molar-refractivity contribution < 1.29 is 9.59 Å². The van der Waals surface area contributed by atoms with Crippen LogP contribution in [0.15, 0.2) is 23.0 Å². The van der Waals surface area contributed by atoms with Crippen LogP contribution in [0.5, 0.6) is 0 Å². The zero-order valence-corrected chi connectivity index (χ0v) is 21.1. The largest absolute Gasteiger partial charge is 0.329 e. The molecule has 3 atom stereocenters. The maximum absolute atomic E-state index is 13.0. The van der Waals surface area contributed by atoms with E-state index in [2.05, 4.69) is 46.4 Å². The molecule has 5 rings (SSSR count). The number of carbonyl (C=O) groups excluding carboxylic acids is 2. The van der Waals surface area contributed by atoms with Crippen molar-refractivity contribution in [1.82, 2.24) is 29.6 Å². The summed E-state index contributed by atoms with van der Waals surface area (Å²) in [4.78, 5) is 42.3. The summed E-state index contributed by atoms with van der Waals surface area (Å²) in [5.41, 5.74) is 2.51. The van der Waals surface area contributed by atoms with E-state index in [0.717, 1.165) is 49.7 Å². The molecule has 9 heteroatoms. The molecular formula is C26H38N6O3. The molecule has 0 spiro atoms. The molecule has 9 nitrogen and oxygen atoms in total. The summed E-state index contributed by atoms with van der Waals surface area (Å²) in [7, 11) is 1.75. The quantitative estimate of drug-likeness (QED) is 0.623. The van der Waals surface area contributed by atoms with Crippen molar-refractivity contribution in [3.05, 3.63) is 34.2 Å². The van der Waals surface area contributed by atoms with Gasteiger partial charge in [0, 0.05) is 51.7 Å². The number of nitrogens with one attached hydrogen (secondary N) is 2. The van der Waals surface area contributed by atoms with Crippen molar-refractivity contribution in [3.8, 4) is 0 Å². The zero-order valence-electron chi connectivity index (χ0n) is 21.1. The van der Waals surface area contributed by atoms with Crippen LogP contribution in [0.4, 0.5) is 0 Å². The average Bonchev–Trinajstić information content (AvgIpc) is 3.07. The highest BCUT2D eigenvalue weighted by Gasteiger charge is 2.33. The molecule has 1 aromatic heterocycles. The number of hydrogen-bond donors (Lipinski definition) is 2. The summed E-state index contributed by atoms with van der Waals surface area (Å²) in [5.74, 6) is 0.121. The number of imide groups is 1. The predicted molar refractivity (Wildman–Crippen MR) is 135 cm³/mol. The van der Waals surface area contributed by atoms with E-state index in [-0.39, 0.29) is 18.0 Å². The number of amides is 2. The highest BCUT2D eigenvalue weighted by atomic mass is 16.2. The van der Waals surface area contributed by atoms with Crippen molar-refractivity contribution >= 4 is 22.8 Å². The molecule has 0 saturated carbocycles. The molecular weight excluding hydrogens is 444 g/mol. The number of piperidine rings is 2. The third-order valence-corrected chi connectivity index (χ3v) is 8.19. The van der Waals surface area contributed by atoms with Gasteiger partial charge in [-0.05, 0) is 69.8 Å². The second-order valence-corrected chi connectivity index (χ2v) is 10.8.